The summed E-state index contributed by atoms with van der Waals surface area (Å²) in [6, 6.07) is 0. The molecule has 0 radical (unpaired) electrons. The molecule has 0 fully saturated rings. The zero-order valence-corrected chi connectivity index (χ0v) is 9.79. The molecule has 2 N–H and O–H groups in total. The van der Waals surface area contributed by atoms with Gasteiger partial charge in [-0.1, -0.05) is 0 Å². The van der Waals surface area contributed by atoms with E-state index in [1.807, 2.05) is 0 Å². The number of carbonyl (C=O) groups is 2. The van der Waals surface area contributed by atoms with E-state index in [1.54, 1.807) is 0 Å². The molecule has 0 heterocycles. The Kier molecular flexibility index (Phi) is 5.89. The first-order chi connectivity index (χ1) is 6.84. The van der Waals surface area contributed by atoms with E-state index in [2.05, 4.69) is 9.05 Å². The summed E-state index contributed by atoms with van der Waals surface area (Å²) < 4.78 is 20.5. The second kappa shape index (κ2) is 6.12. The van der Waals surface area contributed by atoms with Crippen molar-refractivity contribution < 1.29 is 33.4 Å². The van der Waals surface area contributed by atoms with Gasteiger partial charge in [0.1, 0.15) is 5.25 Å². The summed E-state index contributed by atoms with van der Waals surface area (Å²) in [6.07, 6.45) is -0.656. The number of rotatable bonds is 7. The van der Waals surface area contributed by atoms with Crippen LogP contribution in [-0.4, -0.2) is 41.6 Å². The molecule has 9 heteroatoms. The van der Waals surface area contributed by atoms with Crippen LogP contribution >= 0.6 is 18.2 Å². The van der Waals surface area contributed by atoms with Gasteiger partial charge >= 0.3 is 18.7 Å². The molecular weight excluding hydrogens is 247 g/mol. The van der Waals surface area contributed by atoms with E-state index in [1.165, 1.54) is 0 Å². The molecular formula is C6H11O7PS. The molecule has 15 heavy (non-hydrogen) atoms. The summed E-state index contributed by atoms with van der Waals surface area (Å²) in [5, 5.41) is 15.7. The van der Waals surface area contributed by atoms with Crippen LogP contribution in [0.2, 0.25) is 0 Å². The van der Waals surface area contributed by atoms with Gasteiger partial charge in [0.05, 0.1) is 6.42 Å². The van der Waals surface area contributed by atoms with Crippen LogP contribution in [0.3, 0.4) is 0 Å². The van der Waals surface area contributed by atoms with Crippen LogP contribution in [0.25, 0.3) is 0 Å². The highest BCUT2D eigenvalue weighted by molar-refractivity contribution is 8.55. The molecule has 1 atom stereocenters. The van der Waals surface area contributed by atoms with Gasteiger partial charge in [-0.25, -0.2) is 4.57 Å². The normalized spacial score (nSPS) is 13.5. The van der Waals surface area contributed by atoms with Crippen molar-refractivity contribution in [3.8, 4) is 0 Å². The Labute approximate surface area is 90.0 Å². The third-order valence-corrected chi connectivity index (χ3v) is 5.55. The lowest BCUT2D eigenvalue weighted by Gasteiger charge is -2.16. The maximum Gasteiger partial charge on any atom is 0.389 e. The highest BCUT2D eigenvalue weighted by atomic mass is 32.7. The van der Waals surface area contributed by atoms with E-state index in [0.717, 1.165) is 14.2 Å². The zero-order chi connectivity index (χ0) is 12.1. The summed E-state index contributed by atoms with van der Waals surface area (Å²) in [4.78, 5) is 21.0. The molecule has 0 aliphatic carbocycles. The summed E-state index contributed by atoms with van der Waals surface area (Å²) in [5.74, 6) is -2.68. The van der Waals surface area contributed by atoms with Gasteiger partial charge in [-0.2, -0.15) is 0 Å². The van der Waals surface area contributed by atoms with Crippen molar-refractivity contribution in [2.45, 2.75) is 11.7 Å². The molecule has 0 aliphatic rings. The van der Waals surface area contributed by atoms with E-state index in [0.29, 0.717) is 11.4 Å². The van der Waals surface area contributed by atoms with E-state index in [-0.39, 0.29) is 0 Å². The lowest BCUT2D eigenvalue weighted by molar-refractivity contribution is -0.142. The molecule has 0 aromatic carbocycles. The van der Waals surface area contributed by atoms with Gasteiger partial charge in [0.25, 0.3) is 0 Å². The predicted octanol–water partition coefficient (Wildman–Crippen LogP) is 1.05. The fraction of sp³-hybridized carbons (Fsp3) is 0.667. The van der Waals surface area contributed by atoms with E-state index >= 15 is 0 Å². The topological polar surface area (TPSA) is 110 Å². The Hall–Kier alpha value is -0.560. The van der Waals surface area contributed by atoms with Gasteiger partial charge in [0, 0.05) is 14.2 Å². The van der Waals surface area contributed by atoms with Gasteiger partial charge in [0.2, 0.25) is 0 Å². The summed E-state index contributed by atoms with van der Waals surface area (Å²) in [6.45, 7) is -3.57. The predicted molar refractivity (Wildman–Crippen MR) is 52.9 cm³/mol. The Morgan fingerprint density at radius 1 is 1.33 bits per heavy atom. The van der Waals surface area contributed by atoms with Crippen molar-refractivity contribution in [3.05, 3.63) is 0 Å². The van der Waals surface area contributed by atoms with Crippen molar-refractivity contribution in [2.24, 2.45) is 0 Å². The molecule has 0 saturated carbocycles. The average Bonchev–Trinajstić information content (AvgIpc) is 2.16. The van der Waals surface area contributed by atoms with Crippen molar-refractivity contribution >= 4 is 30.1 Å². The fourth-order valence-electron chi connectivity index (χ4n) is 0.645. The van der Waals surface area contributed by atoms with Crippen LogP contribution in [0.15, 0.2) is 0 Å². The number of carboxylic acid groups (broad SMARTS) is 2. The standard InChI is InChI=1S/C6H11O7PS/c1-12-14(11,13-2)15-4(6(9)10)3-5(7)8/h4H,3H2,1-2H3,(H,7,8)(H,9,10). The van der Waals surface area contributed by atoms with E-state index in [4.69, 9.17) is 10.2 Å². The van der Waals surface area contributed by atoms with Gasteiger partial charge < -0.3 is 19.3 Å². The molecule has 0 saturated heterocycles. The van der Waals surface area contributed by atoms with Crippen molar-refractivity contribution in [1.29, 1.82) is 0 Å². The average molecular weight is 258 g/mol. The second-order valence-corrected chi connectivity index (χ2v) is 6.72. The van der Waals surface area contributed by atoms with Gasteiger partial charge in [-0.05, 0) is 11.4 Å². The molecule has 0 amide bonds. The molecule has 0 spiro atoms. The first-order valence-corrected chi connectivity index (χ1v) is 6.72. The van der Waals surface area contributed by atoms with Crippen molar-refractivity contribution in [1.82, 2.24) is 0 Å². The van der Waals surface area contributed by atoms with Crippen LogP contribution < -0.4 is 0 Å². The Morgan fingerprint density at radius 2 is 1.80 bits per heavy atom. The molecule has 0 aromatic rings. The largest absolute Gasteiger partial charge is 0.481 e. The third-order valence-electron chi connectivity index (χ3n) is 1.34. The number of hydrogen-bond donors (Lipinski definition) is 2. The lowest BCUT2D eigenvalue weighted by atomic mass is 10.3. The molecule has 0 bridgehead atoms. The molecule has 88 valence electrons. The third kappa shape index (κ3) is 5.17. The Bertz CT molecular complexity index is 283. The Morgan fingerprint density at radius 3 is 2.07 bits per heavy atom. The second-order valence-electron chi connectivity index (χ2n) is 2.34. The van der Waals surface area contributed by atoms with Gasteiger partial charge in [-0.3, -0.25) is 9.59 Å². The van der Waals surface area contributed by atoms with Gasteiger partial charge in [-0.15, -0.1) is 0 Å². The monoisotopic (exact) mass is 258 g/mol. The molecule has 0 aliphatic heterocycles. The SMILES string of the molecule is COP(=O)(OC)SC(CC(=O)O)C(=O)O. The molecule has 7 nitrogen and oxygen atoms in total. The number of carboxylic acids is 2. The maximum atomic E-state index is 11.5. The summed E-state index contributed by atoms with van der Waals surface area (Å²) in [5.41, 5.74) is 0. The molecule has 0 aromatic heterocycles. The lowest BCUT2D eigenvalue weighted by Crippen LogP contribution is -2.20. The van der Waals surface area contributed by atoms with Crippen molar-refractivity contribution in [2.75, 3.05) is 14.2 Å². The quantitative estimate of drug-likeness (QED) is 0.652. The zero-order valence-electron chi connectivity index (χ0n) is 8.08. The highest BCUT2D eigenvalue weighted by Crippen LogP contribution is 2.61. The Balaban J connectivity index is 4.60. The van der Waals surface area contributed by atoms with E-state index in [9.17, 15) is 14.2 Å². The van der Waals surface area contributed by atoms with E-state index < -0.39 is 30.4 Å². The minimum atomic E-state index is -3.57. The minimum Gasteiger partial charge on any atom is -0.481 e. The van der Waals surface area contributed by atoms with Crippen LogP contribution in [0.5, 0.6) is 0 Å². The first-order valence-electron chi connectivity index (χ1n) is 3.69. The van der Waals surface area contributed by atoms with Gasteiger partial charge in [0.15, 0.2) is 0 Å². The summed E-state index contributed by atoms with van der Waals surface area (Å²) in [7, 11) is 2.19. The summed E-state index contributed by atoms with van der Waals surface area (Å²) >= 11 is 0.359. The smallest absolute Gasteiger partial charge is 0.389 e. The van der Waals surface area contributed by atoms with Crippen LogP contribution in [0.1, 0.15) is 6.42 Å². The molecule has 0 rings (SSSR count). The van der Waals surface area contributed by atoms with Crippen LogP contribution in [0, 0.1) is 0 Å². The number of aliphatic carboxylic acids is 2. The fourth-order valence-corrected chi connectivity index (χ4v) is 3.53. The number of hydrogen-bond acceptors (Lipinski definition) is 6. The van der Waals surface area contributed by atoms with Crippen LogP contribution in [0.4, 0.5) is 0 Å². The van der Waals surface area contributed by atoms with Crippen molar-refractivity contribution in [3.63, 3.8) is 0 Å². The highest BCUT2D eigenvalue weighted by Gasteiger charge is 2.33. The minimum absolute atomic E-state index is 0.359. The van der Waals surface area contributed by atoms with Crippen LogP contribution in [-0.2, 0) is 23.2 Å². The molecule has 1 unspecified atom stereocenters. The first kappa shape index (κ1) is 14.4. The maximum absolute atomic E-state index is 11.5.